The van der Waals surface area contributed by atoms with Gasteiger partial charge in [-0.2, -0.15) is 4.31 Å². The van der Waals surface area contributed by atoms with Gasteiger partial charge in [0.25, 0.3) is 0 Å². The van der Waals surface area contributed by atoms with Gasteiger partial charge in [-0.15, -0.1) is 11.3 Å². The number of para-hydroxylation sites is 1. The van der Waals surface area contributed by atoms with Gasteiger partial charge < -0.3 is 9.64 Å². The van der Waals surface area contributed by atoms with E-state index in [4.69, 9.17) is 4.74 Å². The van der Waals surface area contributed by atoms with Crippen LogP contribution in [0.3, 0.4) is 0 Å². The molecule has 1 aliphatic rings. The van der Waals surface area contributed by atoms with Crippen molar-refractivity contribution in [3.8, 4) is 11.1 Å². The van der Waals surface area contributed by atoms with E-state index in [1.807, 2.05) is 35.2 Å². The van der Waals surface area contributed by atoms with Crippen LogP contribution in [0.2, 0.25) is 0 Å². The molecule has 168 valence electrons. The zero-order valence-electron chi connectivity index (χ0n) is 17.5. The van der Waals surface area contributed by atoms with Gasteiger partial charge in [0.1, 0.15) is 15.6 Å². The lowest BCUT2D eigenvalue weighted by atomic mass is 10.1. The molecule has 0 amide bonds. The summed E-state index contributed by atoms with van der Waals surface area (Å²) in [4.78, 5) is 14.5. The van der Waals surface area contributed by atoms with Gasteiger partial charge in [-0.05, 0) is 24.6 Å². The van der Waals surface area contributed by atoms with Gasteiger partial charge in [-0.25, -0.2) is 17.6 Å². The third-order valence-corrected chi connectivity index (χ3v) is 8.39. The fourth-order valence-electron chi connectivity index (χ4n) is 3.76. The summed E-state index contributed by atoms with van der Waals surface area (Å²) in [6.07, 6.45) is 0. The molecule has 0 N–H and O–H groups in total. The average molecular weight is 475 g/mol. The normalized spacial score (nSPS) is 15.0. The van der Waals surface area contributed by atoms with E-state index in [9.17, 15) is 17.6 Å². The number of ether oxygens (including phenoxy) is 1. The molecule has 3 aromatic rings. The number of sulfonamides is 1. The summed E-state index contributed by atoms with van der Waals surface area (Å²) >= 11 is 1.07. The van der Waals surface area contributed by atoms with Gasteiger partial charge in [0.15, 0.2) is 0 Å². The fourth-order valence-corrected chi connectivity index (χ4v) is 6.84. The maximum atomic E-state index is 14.2. The number of halogens is 1. The molecule has 0 radical (unpaired) electrons. The van der Waals surface area contributed by atoms with E-state index in [2.05, 4.69) is 0 Å². The number of hydrogen-bond acceptors (Lipinski definition) is 6. The van der Waals surface area contributed by atoms with Crippen molar-refractivity contribution in [3.63, 3.8) is 0 Å². The fraction of sp³-hybridized carbons (Fsp3) is 0.261. The van der Waals surface area contributed by atoms with Crippen LogP contribution >= 0.6 is 11.3 Å². The Hall–Kier alpha value is -2.75. The molecule has 6 nitrogen and oxygen atoms in total. The number of carbonyl (C=O) groups excluding carboxylic acids is 1. The minimum atomic E-state index is -3.98. The van der Waals surface area contributed by atoms with Gasteiger partial charge in [0.2, 0.25) is 10.0 Å². The molecule has 32 heavy (non-hydrogen) atoms. The molecule has 9 heteroatoms. The van der Waals surface area contributed by atoms with Crippen LogP contribution in [0.15, 0.2) is 64.9 Å². The predicted molar refractivity (Wildman–Crippen MR) is 123 cm³/mol. The van der Waals surface area contributed by atoms with Crippen LogP contribution in [0.4, 0.5) is 10.1 Å². The Morgan fingerprint density at radius 3 is 2.34 bits per heavy atom. The second-order valence-electron chi connectivity index (χ2n) is 7.24. The van der Waals surface area contributed by atoms with Crippen LogP contribution in [0.25, 0.3) is 11.1 Å². The molecular formula is C23H23FN2O4S2. The standard InChI is InChI=1S/C23H23FN2O4S2/c1-2-30-23(27)21-22(18(16-31-21)17-8-4-3-5-9-17)32(28,29)26-14-12-25(13-15-26)20-11-7-6-10-19(20)24/h3-11,16H,2,12-15H2,1H3. The highest BCUT2D eigenvalue weighted by Gasteiger charge is 2.36. The number of carbonyl (C=O) groups is 1. The largest absolute Gasteiger partial charge is 0.462 e. The minimum Gasteiger partial charge on any atom is -0.462 e. The van der Waals surface area contributed by atoms with Gasteiger partial charge >= 0.3 is 5.97 Å². The molecule has 4 rings (SSSR count). The number of thiophene rings is 1. The summed E-state index contributed by atoms with van der Waals surface area (Å²) in [6, 6.07) is 15.6. The smallest absolute Gasteiger partial charge is 0.349 e. The lowest BCUT2D eigenvalue weighted by molar-refractivity contribution is 0.0528. The number of benzene rings is 2. The first kappa shape index (κ1) is 22.4. The molecule has 0 unspecified atom stereocenters. The quantitative estimate of drug-likeness (QED) is 0.500. The predicted octanol–water partition coefficient (Wildman–Crippen LogP) is 4.24. The number of hydrogen-bond donors (Lipinski definition) is 0. The molecule has 0 atom stereocenters. The molecule has 0 saturated carbocycles. The Bertz CT molecular complexity index is 1200. The first-order valence-corrected chi connectivity index (χ1v) is 12.6. The lowest BCUT2D eigenvalue weighted by Crippen LogP contribution is -2.49. The summed E-state index contributed by atoms with van der Waals surface area (Å²) in [5.74, 6) is -0.985. The Labute approximate surface area is 190 Å². The van der Waals surface area contributed by atoms with Crippen molar-refractivity contribution in [2.45, 2.75) is 11.8 Å². The maximum absolute atomic E-state index is 14.2. The number of anilines is 1. The van der Waals surface area contributed by atoms with E-state index in [0.717, 1.165) is 11.3 Å². The van der Waals surface area contributed by atoms with Crippen LogP contribution in [-0.2, 0) is 14.8 Å². The number of esters is 1. The Morgan fingerprint density at radius 2 is 1.69 bits per heavy atom. The summed E-state index contributed by atoms with van der Waals surface area (Å²) in [6.45, 7) is 2.89. The topological polar surface area (TPSA) is 66.9 Å². The van der Waals surface area contributed by atoms with Gasteiger partial charge in [0.05, 0.1) is 12.3 Å². The summed E-state index contributed by atoms with van der Waals surface area (Å²) in [5, 5.41) is 1.68. The highest BCUT2D eigenvalue weighted by atomic mass is 32.2. The molecule has 1 aliphatic heterocycles. The monoisotopic (exact) mass is 474 g/mol. The van der Waals surface area contributed by atoms with E-state index in [1.165, 1.54) is 10.4 Å². The van der Waals surface area contributed by atoms with E-state index in [0.29, 0.717) is 29.9 Å². The summed E-state index contributed by atoms with van der Waals surface area (Å²) in [7, 11) is -3.98. The van der Waals surface area contributed by atoms with Crippen LogP contribution in [0.5, 0.6) is 0 Å². The second-order valence-corrected chi connectivity index (χ2v) is 9.99. The van der Waals surface area contributed by atoms with E-state index in [-0.39, 0.29) is 35.3 Å². The zero-order chi connectivity index (χ0) is 22.7. The Kier molecular flexibility index (Phi) is 6.59. The number of rotatable bonds is 6. The van der Waals surface area contributed by atoms with Gasteiger partial charge in [-0.3, -0.25) is 0 Å². The molecule has 0 bridgehead atoms. The van der Waals surface area contributed by atoms with Crippen molar-refractivity contribution in [2.75, 3.05) is 37.7 Å². The summed E-state index contributed by atoms with van der Waals surface area (Å²) < 4.78 is 48.1. The highest BCUT2D eigenvalue weighted by molar-refractivity contribution is 7.89. The van der Waals surface area contributed by atoms with Crippen LogP contribution < -0.4 is 4.90 Å². The lowest BCUT2D eigenvalue weighted by Gasteiger charge is -2.35. The van der Waals surface area contributed by atoms with Gasteiger partial charge in [0, 0.05) is 37.1 Å². The van der Waals surface area contributed by atoms with Gasteiger partial charge in [-0.1, -0.05) is 42.5 Å². The SMILES string of the molecule is CCOC(=O)c1scc(-c2ccccc2)c1S(=O)(=O)N1CCN(c2ccccc2F)CC1. The molecule has 1 aromatic heterocycles. The number of piperazine rings is 1. The first-order valence-electron chi connectivity index (χ1n) is 10.3. The highest BCUT2D eigenvalue weighted by Crippen LogP contribution is 2.38. The molecule has 1 saturated heterocycles. The van der Waals surface area contributed by atoms with Crippen LogP contribution in [0, 0.1) is 5.82 Å². The molecule has 2 aromatic carbocycles. The van der Waals surface area contributed by atoms with Crippen molar-refractivity contribution >= 4 is 33.0 Å². The molecule has 0 aliphatic carbocycles. The van der Waals surface area contributed by atoms with Crippen molar-refractivity contribution in [3.05, 3.63) is 70.7 Å². The number of nitrogens with zero attached hydrogens (tertiary/aromatic N) is 2. The third-order valence-electron chi connectivity index (χ3n) is 5.32. The van der Waals surface area contributed by atoms with E-state index in [1.54, 1.807) is 30.5 Å². The third kappa shape index (κ3) is 4.28. The second kappa shape index (κ2) is 9.40. The zero-order valence-corrected chi connectivity index (χ0v) is 19.2. The molecule has 2 heterocycles. The Morgan fingerprint density at radius 1 is 1.03 bits per heavy atom. The van der Waals surface area contributed by atoms with E-state index < -0.39 is 16.0 Å². The molecular weight excluding hydrogens is 451 g/mol. The maximum Gasteiger partial charge on any atom is 0.349 e. The Balaban J connectivity index is 1.67. The van der Waals surface area contributed by atoms with Crippen LogP contribution in [-0.4, -0.2) is 51.5 Å². The van der Waals surface area contributed by atoms with E-state index >= 15 is 0 Å². The first-order chi connectivity index (χ1) is 15.4. The van der Waals surface area contributed by atoms with Crippen LogP contribution in [0.1, 0.15) is 16.6 Å². The minimum absolute atomic E-state index is 0.0218. The van der Waals surface area contributed by atoms with Crippen molar-refractivity contribution < 1.29 is 22.3 Å². The summed E-state index contributed by atoms with van der Waals surface area (Å²) in [5.41, 5.74) is 1.65. The van der Waals surface area contributed by atoms with Crippen molar-refractivity contribution in [2.24, 2.45) is 0 Å². The molecule has 1 fully saturated rings. The molecule has 0 spiro atoms. The average Bonchev–Trinajstić information content (AvgIpc) is 3.27. The van der Waals surface area contributed by atoms with Crippen molar-refractivity contribution in [1.29, 1.82) is 0 Å². The van der Waals surface area contributed by atoms with Crippen molar-refractivity contribution in [1.82, 2.24) is 4.31 Å².